The number of hydrogen-bond acceptors (Lipinski definition) is 4. The summed E-state index contributed by atoms with van der Waals surface area (Å²) in [4.78, 5) is 25.5. The lowest BCUT2D eigenvalue weighted by molar-refractivity contribution is -0.137. The first-order chi connectivity index (χ1) is 15.9. The van der Waals surface area contributed by atoms with E-state index in [2.05, 4.69) is 19.9 Å². The number of hydrogen-bond donors (Lipinski definition) is 2. The molecule has 0 saturated heterocycles. The van der Waals surface area contributed by atoms with Crippen molar-refractivity contribution in [2.45, 2.75) is 82.6 Å². The predicted molar refractivity (Wildman–Crippen MR) is 136 cm³/mol. The second-order valence-corrected chi connectivity index (χ2v) is 10.2. The van der Waals surface area contributed by atoms with Crippen molar-refractivity contribution < 1.29 is 19.8 Å². The van der Waals surface area contributed by atoms with E-state index in [-0.39, 0.29) is 18.1 Å². The third-order valence-electron chi connectivity index (χ3n) is 5.69. The first-order valence-electron chi connectivity index (χ1n) is 12.1. The third-order valence-corrected chi connectivity index (χ3v) is 6.74. The van der Waals surface area contributed by atoms with Crippen LogP contribution in [-0.4, -0.2) is 28.1 Å². The number of aliphatic carboxylic acids is 1. The Morgan fingerprint density at radius 3 is 2.45 bits per heavy atom. The highest BCUT2D eigenvalue weighted by atomic mass is 32.2. The molecule has 0 fully saturated rings. The van der Waals surface area contributed by atoms with E-state index in [1.807, 2.05) is 48.6 Å². The molecular weight excluding hydrogens is 432 g/mol. The van der Waals surface area contributed by atoms with Gasteiger partial charge in [0.2, 0.25) is 0 Å². The molecule has 2 unspecified atom stereocenters. The Balaban J connectivity index is 1.97. The number of Topliss-reactive ketones (excluding diaryl/α,β-unsaturated/α-hetero) is 1. The molecule has 2 atom stereocenters. The maximum absolute atomic E-state index is 13.1. The second-order valence-electron chi connectivity index (χ2n) is 9.08. The molecule has 1 aliphatic rings. The number of carboxylic acid groups (broad SMARTS) is 1. The highest BCUT2D eigenvalue weighted by Crippen LogP contribution is 2.38. The van der Waals surface area contributed by atoms with E-state index in [4.69, 9.17) is 5.11 Å². The Hall–Kier alpha value is -2.11. The van der Waals surface area contributed by atoms with Crippen LogP contribution in [0.1, 0.15) is 71.6 Å². The van der Waals surface area contributed by atoms with Crippen molar-refractivity contribution >= 4 is 23.5 Å². The zero-order valence-corrected chi connectivity index (χ0v) is 20.7. The van der Waals surface area contributed by atoms with E-state index in [9.17, 15) is 14.7 Å². The van der Waals surface area contributed by atoms with Crippen LogP contribution in [0.3, 0.4) is 0 Å². The first-order valence-corrected chi connectivity index (χ1v) is 13.0. The van der Waals surface area contributed by atoms with Gasteiger partial charge in [-0.2, -0.15) is 0 Å². The summed E-state index contributed by atoms with van der Waals surface area (Å²) in [6.07, 6.45) is 14.9. The first kappa shape index (κ1) is 27.1. The number of carbonyl (C=O) groups excluding carboxylic acids is 1. The van der Waals surface area contributed by atoms with Gasteiger partial charge < -0.3 is 10.2 Å². The number of aliphatic hydroxyl groups excluding tert-OH is 1. The molecule has 2 rings (SSSR count). The molecule has 0 aliphatic heterocycles. The molecule has 0 radical (unpaired) electrons. The van der Waals surface area contributed by atoms with Gasteiger partial charge in [0, 0.05) is 22.8 Å². The van der Waals surface area contributed by atoms with E-state index in [1.165, 1.54) is 11.8 Å². The molecule has 0 bridgehead atoms. The van der Waals surface area contributed by atoms with Crippen LogP contribution in [0, 0.1) is 11.8 Å². The molecule has 180 valence electrons. The molecule has 2 N–H and O–H groups in total. The summed E-state index contributed by atoms with van der Waals surface area (Å²) in [5, 5.41) is 19.0. The number of ketones is 1. The van der Waals surface area contributed by atoms with Crippen LogP contribution in [0.4, 0.5) is 0 Å². The van der Waals surface area contributed by atoms with Crippen LogP contribution in [0.15, 0.2) is 70.0 Å². The van der Waals surface area contributed by atoms with E-state index < -0.39 is 12.1 Å². The van der Waals surface area contributed by atoms with Crippen molar-refractivity contribution in [1.29, 1.82) is 0 Å². The molecular formula is C28H38O4S. The molecule has 1 aromatic rings. The van der Waals surface area contributed by atoms with E-state index in [0.717, 1.165) is 66.7 Å². The highest BCUT2D eigenvalue weighted by Gasteiger charge is 2.28. The fourth-order valence-electron chi connectivity index (χ4n) is 3.76. The molecule has 0 spiro atoms. The van der Waals surface area contributed by atoms with Gasteiger partial charge in [0.25, 0.3) is 0 Å². The summed E-state index contributed by atoms with van der Waals surface area (Å²) in [5.74, 6) is -0.205. The van der Waals surface area contributed by atoms with Gasteiger partial charge in [-0.05, 0) is 50.2 Å². The van der Waals surface area contributed by atoms with Crippen molar-refractivity contribution in [2.24, 2.45) is 11.8 Å². The quantitative estimate of drug-likeness (QED) is 0.165. The summed E-state index contributed by atoms with van der Waals surface area (Å²) in [6.45, 7) is 4.30. The van der Waals surface area contributed by atoms with Crippen molar-refractivity contribution in [3.05, 3.63) is 65.1 Å². The third kappa shape index (κ3) is 10.6. The normalized spacial score (nSPS) is 18.4. The summed E-state index contributed by atoms with van der Waals surface area (Å²) >= 11 is 1.50. The standard InChI is InChI=1S/C28H38O4S/c1-21(2)16-18-23(29)19-17-22-20-26(33-24-12-8-7-9-13-24)28(32)25(22)14-10-5-3-4-6-11-15-27(30)31/h7-9,12-14,17,19-23,29H,3-6,10-11,15-16,18H2,1-2H3,(H,30,31). The lowest BCUT2D eigenvalue weighted by Crippen LogP contribution is -2.06. The van der Waals surface area contributed by atoms with Crippen LogP contribution < -0.4 is 0 Å². The van der Waals surface area contributed by atoms with Gasteiger partial charge in [0.15, 0.2) is 5.78 Å². The molecule has 5 heteroatoms. The van der Waals surface area contributed by atoms with Crippen molar-refractivity contribution in [2.75, 3.05) is 0 Å². The zero-order chi connectivity index (χ0) is 24.1. The van der Waals surface area contributed by atoms with Gasteiger partial charge in [-0.1, -0.05) is 87.4 Å². The summed E-state index contributed by atoms with van der Waals surface area (Å²) < 4.78 is 0. The SMILES string of the molecule is CC(C)CCC(O)C=CC1C=C(Sc2ccccc2)C(=O)C1=CCCCCCCCC(=O)O. The topological polar surface area (TPSA) is 74.6 Å². The van der Waals surface area contributed by atoms with Gasteiger partial charge in [-0.3, -0.25) is 9.59 Å². The molecule has 0 heterocycles. The minimum atomic E-state index is -0.732. The molecule has 1 aliphatic carbocycles. The van der Waals surface area contributed by atoms with Crippen LogP contribution in [-0.2, 0) is 9.59 Å². The lowest BCUT2D eigenvalue weighted by Gasteiger charge is -2.10. The van der Waals surface area contributed by atoms with E-state index in [0.29, 0.717) is 5.92 Å². The number of carbonyl (C=O) groups is 2. The number of aliphatic hydroxyl groups is 1. The monoisotopic (exact) mass is 470 g/mol. The lowest BCUT2D eigenvalue weighted by atomic mass is 9.97. The Kier molecular flexibility index (Phi) is 12.3. The van der Waals surface area contributed by atoms with Crippen molar-refractivity contribution in [1.82, 2.24) is 0 Å². The Morgan fingerprint density at radius 1 is 1.06 bits per heavy atom. The molecule has 33 heavy (non-hydrogen) atoms. The smallest absolute Gasteiger partial charge is 0.303 e. The van der Waals surface area contributed by atoms with Gasteiger partial charge in [0.1, 0.15) is 0 Å². The minimum Gasteiger partial charge on any atom is -0.481 e. The fourth-order valence-corrected chi connectivity index (χ4v) is 4.74. The number of benzene rings is 1. The van der Waals surface area contributed by atoms with E-state index in [1.54, 1.807) is 0 Å². The Labute approximate surface area is 202 Å². The fraction of sp³-hybridized carbons (Fsp3) is 0.500. The van der Waals surface area contributed by atoms with Gasteiger partial charge in [-0.25, -0.2) is 0 Å². The van der Waals surface area contributed by atoms with Crippen LogP contribution in [0.25, 0.3) is 0 Å². The number of rotatable bonds is 15. The summed E-state index contributed by atoms with van der Waals surface area (Å²) in [6, 6.07) is 9.92. The van der Waals surface area contributed by atoms with Crippen molar-refractivity contribution in [3.8, 4) is 0 Å². The Bertz CT molecular complexity index is 839. The molecule has 1 aromatic carbocycles. The average molecular weight is 471 g/mol. The summed E-state index contributed by atoms with van der Waals surface area (Å²) in [5.41, 5.74) is 0.798. The van der Waals surface area contributed by atoms with Gasteiger partial charge in [-0.15, -0.1) is 0 Å². The van der Waals surface area contributed by atoms with Gasteiger partial charge in [0.05, 0.1) is 11.0 Å². The second kappa shape index (κ2) is 14.9. The Morgan fingerprint density at radius 2 is 1.76 bits per heavy atom. The molecule has 0 amide bonds. The number of allylic oxidation sites excluding steroid dienone is 5. The van der Waals surface area contributed by atoms with Crippen LogP contribution in [0.5, 0.6) is 0 Å². The maximum atomic E-state index is 13.1. The molecule has 0 saturated carbocycles. The predicted octanol–water partition coefficient (Wildman–Crippen LogP) is 6.96. The molecule has 0 aromatic heterocycles. The number of unbranched alkanes of at least 4 members (excludes halogenated alkanes) is 5. The van der Waals surface area contributed by atoms with Crippen molar-refractivity contribution in [3.63, 3.8) is 0 Å². The number of carboxylic acids is 1. The minimum absolute atomic E-state index is 0.0802. The van der Waals surface area contributed by atoms with E-state index >= 15 is 0 Å². The zero-order valence-electron chi connectivity index (χ0n) is 19.9. The highest BCUT2D eigenvalue weighted by molar-refractivity contribution is 8.04. The largest absolute Gasteiger partial charge is 0.481 e. The van der Waals surface area contributed by atoms with Crippen LogP contribution >= 0.6 is 11.8 Å². The number of thioether (sulfide) groups is 1. The average Bonchev–Trinajstić information content (AvgIpc) is 3.07. The molecule has 4 nitrogen and oxygen atoms in total. The van der Waals surface area contributed by atoms with Crippen LogP contribution in [0.2, 0.25) is 0 Å². The maximum Gasteiger partial charge on any atom is 0.303 e. The van der Waals surface area contributed by atoms with Gasteiger partial charge >= 0.3 is 5.97 Å². The summed E-state index contributed by atoms with van der Waals surface area (Å²) in [7, 11) is 0.